The van der Waals surface area contributed by atoms with Crippen LogP contribution < -0.4 is 5.32 Å². The van der Waals surface area contributed by atoms with Gasteiger partial charge < -0.3 is 10.1 Å². The van der Waals surface area contributed by atoms with Gasteiger partial charge in [-0.2, -0.15) is 5.10 Å². The zero-order valence-corrected chi connectivity index (χ0v) is 19.0. The highest BCUT2D eigenvalue weighted by Crippen LogP contribution is 2.22. The van der Waals surface area contributed by atoms with Gasteiger partial charge in [0.15, 0.2) is 0 Å². The molecule has 0 bridgehead atoms. The standard InChI is InChI=1S/C25H25FN6O2/c1-17-3-6-22(15-27-17)31-25(33)11-20-5-4-19(10-23(20)26)21-13-28-24(29-14-21)9-18-12-30-32(16-18)7-8-34-2/h3-6,10,12-16H,7-9,11H2,1-2H3,(H,31,33). The van der Waals surface area contributed by atoms with Crippen LogP contribution in [0.5, 0.6) is 0 Å². The molecule has 8 nitrogen and oxygen atoms in total. The maximum absolute atomic E-state index is 14.7. The number of pyridine rings is 1. The molecule has 1 amide bonds. The first-order valence-electron chi connectivity index (χ1n) is 10.8. The molecule has 174 valence electrons. The van der Waals surface area contributed by atoms with Gasteiger partial charge in [0.05, 0.1) is 37.7 Å². The van der Waals surface area contributed by atoms with E-state index in [-0.39, 0.29) is 12.3 Å². The van der Waals surface area contributed by atoms with E-state index in [2.05, 4.69) is 25.4 Å². The number of anilines is 1. The highest BCUT2D eigenvalue weighted by molar-refractivity contribution is 5.92. The molecule has 4 rings (SSSR count). The van der Waals surface area contributed by atoms with Gasteiger partial charge >= 0.3 is 0 Å². The molecule has 34 heavy (non-hydrogen) atoms. The number of aryl methyl sites for hydroxylation is 1. The van der Waals surface area contributed by atoms with Crippen molar-refractivity contribution in [3.8, 4) is 11.1 Å². The molecule has 0 fully saturated rings. The Balaban J connectivity index is 1.37. The Hall–Kier alpha value is -3.98. The maximum atomic E-state index is 14.7. The average molecular weight is 461 g/mol. The fraction of sp³-hybridized carbons (Fsp3) is 0.240. The number of nitrogens with zero attached hydrogens (tertiary/aromatic N) is 5. The molecule has 0 atom stereocenters. The van der Waals surface area contributed by atoms with Crippen LogP contribution in [0.3, 0.4) is 0 Å². The number of hydrogen-bond donors (Lipinski definition) is 1. The third kappa shape index (κ3) is 6.08. The first-order valence-corrected chi connectivity index (χ1v) is 10.8. The van der Waals surface area contributed by atoms with Crippen molar-refractivity contribution in [3.63, 3.8) is 0 Å². The van der Waals surface area contributed by atoms with E-state index < -0.39 is 5.82 Å². The van der Waals surface area contributed by atoms with Crippen LogP contribution in [0.4, 0.5) is 10.1 Å². The van der Waals surface area contributed by atoms with E-state index in [1.54, 1.807) is 56.2 Å². The van der Waals surface area contributed by atoms with Crippen LogP contribution in [0.1, 0.15) is 22.6 Å². The molecule has 1 N–H and O–H groups in total. The monoisotopic (exact) mass is 460 g/mol. The first kappa shape index (κ1) is 23.2. The highest BCUT2D eigenvalue weighted by atomic mass is 19.1. The lowest BCUT2D eigenvalue weighted by Crippen LogP contribution is -2.15. The molecule has 0 saturated heterocycles. The van der Waals surface area contributed by atoms with Crippen LogP contribution in [-0.2, 0) is 28.9 Å². The predicted molar refractivity (Wildman–Crippen MR) is 126 cm³/mol. The normalized spacial score (nSPS) is 10.9. The number of amides is 1. The molecule has 0 aliphatic rings. The largest absolute Gasteiger partial charge is 0.383 e. The van der Waals surface area contributed by atoms with Crippen molar-refractivity contribution >= 4 is 11.6 Å². The molecule has 0 aliphatic heterocycles. The number of ether oxygens (including phenoxy) is 1. The van der Waals surface area contributed by atoms with Gasteiger partial charge in [-0.1, -0.05) is 12.1 Å². The molecule has 4 aromatic rings. The summed E-state index contributed by atoms with van der Waals surface area (Å²) in [5.41, 5.74) is 4.07. The summed E-state index contributed by atoms with van der Waals surface area (Å²) in [6.45, 7) is 3.14. The average Bonchev–Trinajstić information content (AvgIpc) is 3.28. The number of halogens is 1. The van der Waals surface area contributed by atoms with Gasteiger partial charge in [0.25, 0.3) is 0 Å². The number of rotatable bonds is 9. The number of aromatic nitrogens is 5. The smallest absolute Gasteiger partial charge is 0.228 e. The van der Waals surface area contributed by atoms with Crippen LogP contribution in [0, 0.1) is 12.7 Å². The minimum absolute atomic E-state index is 0.0759. The summed E-state index contributed by atoms with van der Waals surface area (Å²) in [6.07, 6.45) is 9.11. The summed E-state index contributed by atoms with van der Waals surface area (Å²) < 4.78 is 21.6. The van der Waals surface area contributed by atoms with Crippen molar-refractivity contribution in [2.75, 3.05) is 19.0 Å². The van der Waals surface area contributed by atoms with Gasteiger partial charge in [-0.25, -0.2) is 14.4 Å². The fourth-order valence-electron chi connectivity index (χ4n) is 3.37. The van der Waals surface area contributed by atoms with Crippen LogP contribution in [-0.4, -0.2) is 44.4 Å². The van der Waals surface area contributed by atoms with Crippen LogP contribution >= 0.6 is 0 Å². The van der Waals surface area contributed by atoms with E-state index in [9.17, 15) is 9.18 Å². The lowest BCUT2D eigenvalue weighted by molar-refractivity contribution is -0.115. The zero-order valence-electron chi connectivity index (χ0n) is 19.0. The van der Waals surface area contributed by atoms with Crippen molar-refractivity contribution in [1.82, 2.24) is 24.7 Å². The van der Waals surface area contributed by atoms with E-state index in [4.69, 9.17) is 4.74 Å². The zero-order chi connectivity index (χ0) is 23.9. The Morgan fingerprint density at radius 3 is 2.59 bits per heavy atom. The predicted octanol–water partition coefficient (Wildman–Crippen LogP) is 3.60. The molecule has 0 aliphatic carbocycles. The highest BCUT2D eigenvalue weighted by Gasteiger charge is 2.11. The summed E-state index contributed by atoms with van der Waals surface area (Å²) in [6, 6.07) is 8.33. The van der Waals surface area contributed by atoms with Gasteiger partial charge in [0.1, 0.15) is 11.6 Å². The number of methoxy groups -OCH3 is 1. The number of carbonyl (C=O) groups is 1. The SMILES string of the molecule is COCCn1cc(Cc2ncc(-c3ccc(CC(=O)Nc4ccc(C)nc4)c(F)c3)cn2)cn1. The van der Waals surface area contributed by atoms with E-state index in [1.165, 1.54) is 6.07 Å². The van der Waals surface area contributed by atoms with Crippen molar-refractivity contribution in [1.29, 1.82) is 0 Å². The van der Waals surface area contributed by atoms with E-state index in [1.807, 2.05) is 17.8 Å². The lowest BCUT2D eigenvalue weighted by Gasteiger charge is -2.08. The Labute approximate surface area is 196 Å². The quantitative estimate of drug-likeness (QED) is 0.410. The molecule has 3 aromatic heterocycles. The number of nitrogens with one attached hydrogen (secondary N) is 1. The van der Waals surface area contributed by atoms with Gasteiger partial charge in [0.2, 0.25) is 5.91 Å². The molecule has 0 unspecified atom stereocenters. The van der Waals surface area contributed by atoms with Crippen molar-refractivity contribution < 1.29 is 13.9 Å². The second kappa shape index (κ2) is 10.8. The van der Waals surface area contributed by atoms with Gasteiger partial charge in [-0.05, 0) is 41.8 Å². The molecule has 0 spiro atoms. The molecule has 0 saturated carbocycles. The van der Waals surface area contributed by atoms with Crippen molar-refractivity contribution in [3.05, 3.63) is 89.8 Å². The Morgan fingerprint density at radius 1 is 1.06 bits per heavy atom. The maximum Gasteiger partial charge on any atom is 0.228 e. The second-order valence-corrected chi connectivity index (χ2v) is 7.89. The summed E-state index contributed by atoms with van der Waals surface area (Å²) in [5.74, 6) is -0.118. The fourth-order valence-corrected chi connectivity index (χ4v) is 3.37. The third-order valence-electron chi connectivity index (χ3n) is 5.21. The number of hydrogen-bond acceptors (Lipinski definition) is 6. The third-order valence-corrected chi connectivity index (χ3v) is 5.21. The second-order valence-electron chi connectivity index (χ2n) is 7.89. The number of benzene rings is 1. The Bertz CT molecular complexity index is 1260. The van der Waals surface area contributed by atoms with Gasteiger partial charge in [0, 0.05) is 43.4 Å². The summed E-state index contributed by atoms with van der Waals surface area (Å²) in [7, 11) is 1.65. The minimum Gasteiger partial charge on any atom is -0.383 e. The van der Waals surface area contributed by atoms with Crippen molar-refractivity contribution in [2.24, 2.45) is 0 Å². The summed E-state index contributed by atoms with van der Waals surface area (Å²) >= 11 is 0. The first-order chi connectivity index (χ1) is 16.5. The Morgan fingerprint density at radius 2 is 1.88 bits per heavy atom. The van der Waals surface area contributed by atoms with Crippen molar-refractivity contribution in [2.45, 2.75) is 26.3 Å². The lowest BCUT2D eigenvalue weighted by atomic mass is 10.0. The van der Waals surface area contributed by atoms with E-state index in [0.29, 0.717) is 47.8 Å². The number of carbonyl (C=O) groups excluding carboxylic acids is 1. The Kier molecular flexibility index (Phi) is 7.34. The van der Waals surface area contributed by atoms with E-state index >= 15 is 0 Å². The molecule has 1 aromatic carbocycles. The molecular weight excluding hydrogens is 435 g/mol. The van der Waals surface area contributed by atoms with Gasteiger partial charge in [-0.3, -0.25) is 14.5 Å². The van der Waals surface area contributed by atoms with Crippen LogP contribution in [0.2, 0.25) is 0 Å². The molecule has 9 heteroatoms. The van der Waals surface area contributed by atoms with Crippen LogP contribution in [0.15, 0.2) is 61.3 Å². The topological polar surface area (TPSA) is 94.8 Å². The molecule has 0 radical (unpaired) electrons. The molecule has 3 heterocycles. The van der Waals surface area contributed by atoms with Gasteiger partial charge in [-0.15, -0.1) is 0 Å². The van der Waals surface area contributed by atoms with E-state index in [0.717, 1.165) is 11.3 Å². The van der Waals surface area contributed by atoms with Crippen LogP contribution in [0.25, 0.3) is 11.1 Å². The summed E-state index contributed by atoms with van der Waals surface area (Å²) in [5, 5.41) is 7.02. The molecular formula is C25H25FN6O2. The summed E-state index contributed by atoms with van der Waals surface area (Å²) in [4.78, 5) is 25.2. The minimum atomic E-state index is -0.456.